The number of hydrogen-bond donors (Lipinski definition) is 0. The van der Waals surface area contributed by atoms with Crippen LogP contribution < -0.4 is 0 Å². The van der Waals surface area contributed by atoms with Crippen molar-refractivity contribution in [3.8, 4) is 0 Å². The number of likely N-dealkylation sites (N-methyl/N-ethyl adjacent to an activating group) is 1. The van der Waals surface area contributed by atoms with Crippen LogP contribution in [0.1, 0.15) is 46.0 Å². The second-order valence-corrected chi connectivity index (χ2v) is 4.59. The standard InChI is InChI=1S/C14H31NO2/c1-4-6-8-9-15(3)10-12-17-14-13-16-11-7-5-2/h4-14H2,1-3H3. The summed E-state index contributed by atoms with van der Waals surface area (Å²) in [7, 11) is 2.16. The van der Waals surface area contributed by atoms with Gasteiger partial charge in [0.1, 0.15) is 0 Å². The monoisotopic (exact) mass is 245 g/mol. The SMILES string of the molecule is CCCCCN(C)CCOCCOCCCC. The van der Waals surface area contributed by atoms with E-state index in [0.29, 0.717) is 0 Å². The summed E-state index contributed by atoms with van der Waals surface area (Å²) in [5.74, 6) is 0. The zero-order valence-electron chi connectivity index (χ0n) is 12.0. The molecule has 0 aromatic heterocycles. The molecule has 0 radical (unpaired) electrons. The maximum atomic E-state index is 5.52. The van der Waals surface area contributed by atoms with E-state index in [1.54, 1.807) is 0 Å². The van der Waals surface area contributed by atoms with E-state index in [1.807, 2.05) is 0 Å². The van der Waals surface area contributed by atoms with E-state index in [0.717, 1.165) is 39.4 Å². The van der Waals surface area contributed by atoms with E-state index in [2.05, 4.69) is 25.8 Å². The Kier molecular flexibility index (Phi) is 13.8. The highest BCUT2D eigenvalue weighted by Gasteiger charge is 1.97. The molecule has 0 rings (SSSR count). The van der Waals surface area contributed by atoms with Crippen LogP contribution in [0.5, 0.6) is 0 Å². The lowest BCUT2D eigenvalue weighted by Gasteiger charge is -2.16. The Morgan fingerprint density at radius 1 is 0.706 bits per heavy atom. The Morgan fingerprint density at radius 3 is 2.00 bits per heavy atom. The quantitative estimate of drug-likeness (QED) is 0.466. The molecule has 3 nitrogen and oxygen atoms in total. The normalized spacial score (nSPS) is 11.3. The van der Waals surface area contributed by atoms with Gasteiger partial charge in [-0.1, -0.05) is 33.1 Å². The molecule has 3 heteroatoms. The Morgan fingerprint density at radius 2 is 1.35 bits per heavy atom. The summed E-state index contributed by atoms with van der Waals surface area (Å²) in [6.07, 6.45) is 6.27. The van der Waals surface area contributed by atoms with Crippen LogP contribution in [-0.4, -0.2) is 51.5 Å². The molecule has 0 saturated carbocycles. The number of nitrogens with zero attached hydrogens (tertiary/aromatic N) is 1. The van der Waals surface area contributed by atoms with Crippen molar-refractivity contribution >= 4 is 0 Å². The van der Waals surface area contributed by atoms with Crippen molar-refractivity contribution in [3.63, 3.8) is 0 Å². The summed E-state index contributed by atoms with van der Waals surface area (Å²) in [6, 6.07) is 0. The minimum atomic E-state index is 0.729. The first-order valence-corrected chi connectivity index (χ1v) is 7.15. The van der Waals surface area contributed by atoms with Gasteiger partial charge in [0.2, 0.25) is 0 Å². The van der Waals surface area contributed by atoms with Crippen molar-refractivity contribution in [1.29, 1.82) is 0 Å². The molecule has 0 aromatic carbocycles. The van der Waals surface area contributed by atoms with Crippen LogP contribution in [0.2, 0.25) is 0 Å². The molecule has 0 aliphatic carbocycles. The summed E-state index contributed by atoms with van der Waals surface area (Å²) < 4.78 is 10.9. The molecule has 0 fully saturated rings. The van der Waals surface area contributed by atoms with Gasteiger partial charge >= 0.3 is 0 Å². The Bertz CT molecular complexity index is 142. The zero-order valence-corrected chi connectivity index (χ0v) is 12.0. The molecule has 0 aliphatic heterocycles. The molecule has 0 heterocycles. The van der Waals surface area contributed by atoms with Gasteiger partial charge in [-0.15, -0.1) is 0 Å². The molecule has 0 aromatic rings. The summed E-state index contributed by atoms with van der Waals surface area (Å²) in [4.78, 5) is 2.34. The molecular weight excluding hydrogens is 214 g/mol. The fourth-order valence-electron chi connectivity index (χ4n) is 1.53. The highest BCUT2D eigenvalue weighted by Crippen LogP contribution is 1.96. The van der Waals surface area contributed by atoms with Crippen molar-refractivity contribution < 1.29 is 9.47 Å². The predicted molar refractivity (Wildman–Crippen MR) is 73.6 cm³/mol. The lowest BCUT2D eigenvalue weighted by atomic mass is 10.2. The average Bonchev–Trinajstić information content (AvgIpc) is 2.33. The van der Waals surface area contributed by atoms with Gasteiger partial charge in [-0.2, -0.15) is 0 Å². The van der Waals surface area contributed by atoms with E-state index < -0.39 is 0 Å². The van der Waals surface area contributed by atoms with Gasteiger partial charge in [-0.25, -0.2) is 0 Å². The Labute approximate surface area is 107 Å². The first-order chi connectivity index (χ1) is 8.31. The van der Waals surface area contributed by atoms with Crippen LogP contribution in [0.4, 0.5) is 0 Å². The van der Waals surface area contributed by atoms with Crippen molar-refractivity contribution in [2.24, 2.45) is 0 Å². The Hall–Kier alpha value is -0.120. The van der Waals surface area contributed by atoms with Crippen LogP contribution in [0.25, 0.3) is 0 Å². The molecule has 0 N–H and O–H groups in total. The minimum absolute atomic E-state index is 0.729. The number of hydrogen-bond acceptors (Lipinski definition) is 3. The molecule has 104 valence electrons. The Balaban J connectivity index is 3.05. The van der Waals surface area contributed by atoms with Crippen LogP contribution in [0.15, 0.2) is 0 Å². The number of unbranched alkanes of at least 4 members (excludes halogenated alkanes) is 3. The fourth-order valence-corrected chi connectivity index (χ4v) is 1.53. The second kappa shape index (κ2) is 13.9. The zero-order chi connectivity index (χ0) is 12.8. The smallest absolute Gasteiger partial charge is 0.0701 e. The van der Waals surface area contributed by atoms with Gasteiger partial charge in [0.25, 0.3) is 0 Å². The lowest BCUT2D eigenvalue weighted by molar-refractivity contribution is 0.0399. The molecule has 0 atom stereocenters. The van der Waals surface area contributed by atoms with Crippen LogP contribution in [-0.2, 0) is 9.47 Å². The average molecular weight is 245 g/mol. The molecule has 0 aliphatic rings. The fraction of sp³-hybridized carbons (Fsp3) is 1.00. The van der Waals surface area contributed by atoms with Crippen molar-refractivity contribution in [2.45, 2.75) is 46.0 Å². The lowest BCUT2D eigenvalue weighted by Crippen LogP contribution is -2.24. The third kappa shape index (κ3) is 13.8. The molecule has 0 spiro atoms. The van der Waals surface area contributed by atoms with E-state index in [1.165, 1.54) is 32.2 Å². The highest BCUT2D eigenvalue weighted by molar-refractivity contribution is 4.50. The van der Waals surface area contributed by atoms with Crippen molar-refractivity contribution in [3.05, 3.63) is 0 Å². The van der Waals surface area contributed by atoms with Gasteiger partial charge < -0.3 is 14.4 Å². The van der Waals surface area contributed by atoms with Gasteiger partial charge in [-0.05, 0) is 26.4 Å². The van der Waals surface area contributed by atoms with Gasteiger partial charge in [0, 0.05) is 13.2 Å². The predicted octanol–water partition coefficient (Wildman–Crippen LogP) is 2.94. The van der Waals surface area contributed by atoms with Gasteiger partial charge in [0.05, 0.1) is 19.8 Å². The van der Waals surface area contributed by atoms with Gasteiger partial charge in [-0.3, -0.25) is 0 Å². The highest BCUT2D eigenvalue weighted by atomic mass is 16.5. The summed E-state index contributed by atoms with van der Waals surface area (Å²) in [5, 5.41) is 0. The molecule has 0 bridgehead atoms. The number of rotatable bonds is 13. The molecular formula is C14H31NO2. The molecule has 0 unspecified atom stereocenters. The van der Waals surface area contributed by atoms with Crippen molar-refractivity contribution in [2.75, 3.05) is 46.6 Å². The van der Waals surface area contributed by atoms with Crippen LogP contribution >= 0.6 is 0 Å². The van der Waals surface area contributed by atoms with Crippen LogP contribution in [0.3, 0.4) is 0 Å². The third-order valence-electron chi connectivity index (χ3n) is 2.77. The summed E-state index contributed by atoms with van der Waals surface area (Å²) >= 11 is 0. The first kappa shape index (κ1) is 16.9. The maximum Gasteiger partial charge on any atom is 0.0701 e. The van der Waals surface area contributed by atoms with E-state index in [4.69, 9.17) is 9.47 Å². The van der Waals surface area contributed by atoms with E-state index in [9.17, 15) is 0 Å². The minimum Gasteiger partial charge on any atom is -0.379 e. The second-order valence-electron chi connectivity index (χ2n) is 4.59. The number of ether oxygens (including phenoxy) is 2. The van der Waals surface area contributed by atoms with Crippen molar-refractivity contribution in [1.82, 2.24) is 4.90 Å². The van der Waals surface area contributed by atoms with Gasteiger partial charge in [0.15, 0.2) is 0 Å². The molecule has 0 saturated heterocycles. The first-order valence-electron chi connectivity index (χ1n) is 7.15. The van der Waals surface area contributed by atoms with E-state index >= 15 is 0 Å². The third-order valence-corrected chi connectivity index (χ3v) is 2.77. The topological polar surface area (TPSA) is 21.7 Å². The molecule has 17 heavy (non-hydrogen) atoms. The van der Waals surface area contributed by atoms with Crippen LogP contribution in [0, 0.1) is 0 Å². The molecule has 0 amide bonds. The summed E-state index contributed by atoms with van der Waals surface area (Å²) in [5.41, 5.74) is 0. The largest absolute Gasteiger partial charge is 0.379 e. The maximum absolute atomic E-state index is 5.52. The summed E-state index contributed by atoms with van der Waals surface area (Å²) in [6.45, 7) is 9.78. The van der Waals surface area contributed by atoms with E-state index in [-0.39, 0.29) is 0 Å².